The lowest BCUT2D eigenvalue weighted by Gasteiger charge is -2.11. The van der Waals surface area contributed by atoms with Gasteiger partial charge in [0.05, 0.1) is 5.52 Å². The van der Waals surface area contributed by atoms with Crippen LogP contribution in [0.15, 0.2) is 53.3 Å². The van der Waals surface area contributed by atoms with Crippen LogP contribution in [-0.2, 0) is 4.79 Å². The van der Waals surface area contributed by atoms with Crippen LogP contribution in [0.5, 0.6) is 11.5 Å². The van der Waals surface area contributed by atoms with Crippen LogP contribution in [-0.4, -0.2) is 21.1 Å². The van der Waals surface area contributed by atoms with E-state index in [-0.39, 0.29) is 0 Å². The number of benzene rings is 2. The zero-order chi connectivity index (χ0) is 16.4. The molecular weight excluding hydrogens is 384 g/mol. The summed E-state index contributed by atoms with van der Waals surface area (Å²) in [5.41, 5.74) is 1.68. The fourth-order valence-electron chi connectivity index (χ4n) is 1.98. The molecule has 0 saturated carbocycles. The molecule has 0 N–H and O–H groups in total. The maximum atomic E-state index is 11.0. The van der Waals surface area contributed by atoms with Gasteiger partial charge in [-0.3, -0.25) is 4.79 Å². The van der Waals surface area contributed by atoms with E-state index < -0.39 is 11.3 Å². The number of rotatable bonds is 5. The lowest BCUT2D eigenvalue weighted by Crippen LogP contribution is -2.18. The Kier molecular flexibility index (Phi) is 4.54. The Morgan fingerprint density at radius 1 is 1.22 bits per heavy atom. The molecule has 1 atom stereocenters. The largest absolute Gasteiger partial charge is 0.482 e. The second-order valence-electron chi connectivity index (χ2n) is 4.83. The Balaban J connectivity index is 1.76. The molecule has 0 fully saturated rings. The summed E-state index contributed by atoms with van der Waals surface area (Å²) in [6, 6.07) is 12.7. The van der Waals surface area contributed by atoms with Crippen LogP contribution < -0.4 is 9.57 Å². The number of hydrogen-bond acceptors (Lipinski definition) is 4. The average molecular weight is 396 g/mol. The van der Waals surface area contributed by atoms with E-state index in [0.717, 1.165) is 15.5 Å². The molecule has 0 saturated heterocycles. The zero-order valence-electron chi connectivity index (χ0n) is 12.1. The highest BCUT2D eigenvalue weighted by Crippen LogP contribution is 2.22. The molecule has 3 aromatic rings. The molecule has 5 nitrogen and oxygen atoms in total. The maximum absolute atomic E-state index is 11.0. The molecule has 0 aliphatic rings. The van der Waals surface area contributed by atoms with E-state index in [9.17, 15) is 4.79 Å². The molecule has 0 aliphatic heterocycles. The highest BCUT2D eigenvalue weighted by Gasteiger charge is 2.11. The normalized spacial score (nSPS) is 12.1. The van der Waals surface area contributed by atoms with Gasteiger partial charge < -0.3 is 9.57 Å². The number of imidazole rings is 1. The Labute approximate surface area is 145 Å². The van der Waals surface area contributed by atoms with E-state index in [1.54, 1.807) is 42.2 Å². The molecule has 0 spiro atoms. The van der Waals surface area contributed by atoms with Gasteiger partial charge in [-0.1, -0.05) is 15.9 Å². The van der Waals surface area contributed by atoms with Crippen molar-refractivity contribution in [2.45, 2.75) is 13.0 Å². The minimum atomic E-state index is -0.695. The van der Waals surface area contributed by atoms with E-state index in [1.165, 1.54) is 0 Å². The van der Waals surface area contributed by atoms with Gasteiger partial charge in [-0.15, -0.1) is 0 Å². The van der Waals surface area contributed by atoms with Crippen molar-refractivity contribution in [2.24, 2.45) is 0 Å². The molecule has 7 heteroatoms. The number of aromatic nitrogens is 2. The van der Waals surface area contributed by atoms with E-state index in [2.05, 4.69) is 20.9 Å². The van der Waals surface area contributed by atoms with Gasteiger partial charge in [-0.05, 0) is 61.0 Å². The van der Waals surface area contributed by atoms with E-state index in [1.807, 2.05) is 18.2 Å². The summed E-state index contributed by atoms with van der Waals surface area (Å²) in [4.78, 5) is 21.0. The smallest absolute Gasteiger partial charge is 0.262 e. The third-order valence-electron chi connectivity index (χ3n) is 3.14. The minimum Gasteiger partial charge on any atom is -0.482 e. The molecule has 1 heterocycles. The maximum Gasteiger partial charge on any atom is 0.262 e. The summed E-state index contributed by atoms with van der Waals surface area (Å²) in [6.45, 7) is 1.59. The Bertz CT molecular complexity index is 848. The fraction of sp³-hybridized carbons (Fsp3) is 0.125. The minimum absolute atomic E-state index is 0.540. The Hall–Kier alpha value is -2.05. The van der Waals surface area contributed by atoms with Gasteiger partial charge >= 0.3 is 0 Å². The molecule has 0 aliphatic carbocycles. The Morgan fingerprint density at radius 3 is 2.61 bits per heavy atom. The van der Waals surface area contributed by atoms with Crippen LogP contribution in [0.3, 0.4) is 0 Å². The average Bonchev–Trinajstić information content (AvgIpc) is 2.91. The highest BCUT2D eigenvalue weighted by molar-refractivity contribution is 9.10. The molecule has 118 valence electrons. The standard InChI is InChI=1S/C16H12BrClN2O3/c1-10(16(18)21)22-12-3-5-13(6-4-12)23-20-9-19-14-8-11(17)2-7-15(14)20/h2-10H,1H3. The van der Waals surface area contributed by atoms with Gasteiger partial charge in [0.1, 0.15) is 17.6 Å². The lowest BCUT2D eigenvalue weighted by atomic mass is 10.3. The highest BCUT2D eigenvalue weighted by atomic mass is 79.9. The van der Waals surface area contributed by atoms with Crippen molar-refractivity contribution in [1.82, 2.24) is 9.71 Å². The van der Waals surface area contributed by atoms with Crippen LogP contribution in [0.2, 0.25) is 0 Å². The SMILES string of the molecule is CC(Oc1ccc(On2cnc3cc(Br)ccc32)cc1)C(=O)Cl. The van der Waals surface area contributed by atoms with Crippen molar-refractivity contribution in [3.8, 4) is 11.5 Å². The number of carbonyl (C=O) groups is 1. The number of carbonyl (C=O) groups excluding carboxylic acids is 1. The molecule has 0 bridgehead atoms. The van der Waals surface area contributed by atoms with Crippen LogP contribution in [0.1, 0.15) is 6.92 Å². The van der Waals surface area contributed by atoms with Crippen LogP contribution in [0.25, 0.3) is 11.0 Å². The quantitative estimate of drug-likeness (QED) is 0.608. The molecular formula is C16H12BrClN2O3. The topological polar surface area (TPSA) is 53.4 Å². The first-order valence-corrected chi connectivity index (χ1v) is 7.97. The van der Waals surface area contributed by atoms with Gasteiger partial charge in [0.2, 0.25) is 0 Å². The summed E-state index contributed by atoms with van der Waals surface area (Å²) in [6.07, 6.45) is 0.912. The van der Waals surface area contributed by atoms with E-state index in [4.69, 9.17) is 21.2 Å². The first-order valence-electron chi connectivity index (χ1n) is 6.80. The summed E-state index contributed by atoms with van der Waals surface area (Å²) >= 11 is 8.78. The summed E-state index contributed by atoms with van der Waals surface area (Å²) in [7, 11) is 0. The fourth-order valence-corrected chi connectivity index (χ4v) is 2.37. The molecule has 2 aromatic carbocycles. The molecule has 0 radical (unpaired) electrons. The van der Waals surface area contributed by atoms with Crippen molar-refractivity contribution in [1.29, 1.82) is 0 Å². The van der Waals surface area contributed by atoms with Gasteiger partial charge in [-0.25, -0.2) is 4.98 Å². The second-order valence-corrected chi connectivity index (χ2v) is 6.12. The molecule has 1 unspecified atom stereocenters. The monoisotopic (exact) mass is 394 g/mol. The van der Waals surface area contributed by atoms with Gasteiger partial charge in [0.15, 0.2) is 11.9 Å². The predicted octanol–water partition coefficient (Wildman–Crippen LogP) is 4.17. The van der Waals surface area contributed by atoms with Crippen LogP contribution >= 0.6 is 27.5 Å². The summed E-state index contributed by atoms with van der Waals surface area (Å²) in [5, 5.41) is -0.540. The molecule has 0 amide bonds. The molecule has 3 rings (SSSR count). The zero-order valence-corrected chi connectivity index (χ0v) is 14.4. The summed E-state index contributed by atoms with van der Waals surface area (Å²) < 4.78 is 7.93. The second kappa shape index (κ2) is 6.60. The first kappa shape index (κ1) is 15.8. The first-order chi connectivity index (χ1) is 11.0. The van der Waals surface area contributed by atoms with E-state index in [0.29, 0.717) is 11.5 Å². The number of hydrogen-bond donors (Lipinski definition) is 0. The number of ether oxygens (including phenoxy) is 1. The van der Waals surface area contributed by atoms with Crippen molar-refractivity contribution >= 4 is 43.8 Å². The van der Waals surface area contributed by atoms with Crippen molar-refractivity contribution in [3.05, 3.63) is 53.3 Å². The Morgan fingerprint density at radius 2 is 1.91 bits per heavy atom. The van der Waals surface area contributed by atoms with Gasteiger partial charge in [0, 0.05) is 4.47 Å². The van der Waals surface area contributed by atoms with Crippen molar-refractivity contribution < 1.29 is 14.4 Å². The molecule has 23 heavy (non-hydrogen) atoms. The lowest BCUT2D eigenvalue weighted by molar-refractivity contribution is -0.117. The molecule has 1 aromatic heterocycles. The third-order valence-corrected chi connectivity index (χ3v) is 3.94. The third kappa shape index (κ3) is 3.65. The summed E-state index contributed by atoms with van der Waals surface area (Å²) in [5.74, 6) is 1.16. The number of halogens is 2. The van der Waals surface area contributed by atoms with Gasteiger partial charge in [0.25, 0.3) is 5.24 Å². The number of fused-ring (bicyclic) bond motifs is 1. The van der Waals surface area contributed by atoms with Crippen molar-refractivity contribution in [3.63, 3.8) is 0 Å². The van der Waals surface area contributed by atoms with Crippen LogP contribution in [0, 0.1) is 0 Å². The van der Waals surface area contributed by atoms with Crippen molar-refractivity contribution in [2.75, 3.05) is 0 Å². The van der Waals surface area contributed by atoms with Gasteiger partial charge in [-0.2, -0.15) is 4.73 Å². The number of nitrogens with zero attached hydrogens (tertiary/aromatic N) is 2. The van der Waals surface area contributed by atoms with E-state index >= 15 is 0 Å². The van der Waals surface area contributed by atoms with Crippen LogP contribution in [0.4, 0.5) is 0 Å². The predicted molar refractivity (Wildman–Crippen MR) is 90.9 cm³/mol.